The van der Waals surface area contributed by atoms with Crippen LogP contribution in [0.3, 0.4) is 0 Å². The molecule has 6 nitrogen and oxygen atoms in total. The van der Waals surface area contributed by atoms with Gasteiger partial charge >= 0.3 is 0 Å². The highest BCUT2D eigenvalue weighted by molar-refractivity contribution is 5.68. The van der Waals surface area contributed by atoms with Gasteiger partial charge in [-0.3, -0.25) is 0 Å². The Morgan fingerprint density at radius 2 is 2.04 bits per heavy atom. The van der Waals surface area contributed by atoms with Gasteiger partial charge in [0.25, 0.3) is 0 Å². The number of rotatable bonds is 3. The minimum Gasteiger partial charge on any atom is -0.491 e. The minimum absolute atomic E-state index is 0.237. The maximum absolute atomic E-state index is 5.95. The van der Waals surface area contributed by atoms with Crippen LogP contribution in [0, 0.1) is 6.92 Å². The zero-order valence-corrected chi connectivity index (χ0v) is 15.2. The number of hydrogen-bond donors (Lipinski definition) is 0. The van der Waals surface area contributed by atoms with Crippen molar-refractivity contribution in [3.8, 4) is 28.7 Å². The summed E-state index contributed by atoms with van der Waals surface area (Å²) in [6.07, 6.45) is 3.05. The smallest absolute Gasteiger partial charge is 0.178 e. The van der Waals surface area contributed by atoms with Crippen molar-refractivity contribution in [2.24, 2.45) is 0 Å². The highest BCUT2D eigenvalue weighted by atomic mass is 16.5. The first kappa shape index (κ1) is 15.9. The molecule has 0 unspecified atom stereocenters. The average Bonchev–Trinajstić information content (AvgIpc) is 3.14. The summed E-state index contributed by atoms with van der Waals surface area (Å²) < 4.78 is 10.0. The maximum Gasteiger partial charge on any atom is 0.178 e. The number of benzene rings is 1. The first-order chi connectivity index (χ1) is 12.1. The second-order valence-electron chi connectivity index (χ2n) is 6.70. The molecular weight excluding hydrogens is 314 g/mol. The monoisotopic (exact) mass is 337 g/mol. The Morgan fingerprint density at radius 3 is 2.80 bits per heavy atom. The van der Waals surface area contributed by atoms with Gasteiger partial charge in [0, 0.05) is 12.2 Å². The summed E-state index contributed by atoms with van der Waals surface area (Å²) >= 11 is 0. The van der Waals surface area contributed by atoms with E-state index in [2.05, 4.69) is 59.8 Å². The summed E-state index contributed by atoms with van der Waals surface area (Å²) in [5, 5.41) is 4.51. The van der Waals surface area contributed by atoms with Gasteiger partial charge in [0.05, 0.1) is 12.1 Å². The third-order valence-electron chi connectivity index (χ3n) is 4.52. The predicted octanol–water partition coefficient (Wildman–Crippen LogP) is 3.65. The van der Waals surface area contributed by atoms with Crippen LogP contribution in [-0.4, -0.2) is 30.9 Å². The fourth-order valence-electron chi connectivity index (χ4n) is 3.22. The van der Waals surface area contributed by atoms with Crippen LogP contribution >= 0.6 is 0 Å². The number of fused-ring (bicyclic) bond motifs is 3. The Balaban J connectivity index is 1.84. The third kappa shape index (κ3) is 2.71. The van der Waals surface area contributed by atoms with Crippen molar-refractivity contribution >= 4 is 0 Å². The Labute approximate surface area is 147 Å². The summed E-state index contributed by atoms with van der Waals surface area (Å²) in [6.45, 7) is 9.69. The van der Waals surface area contributed by atoms with Crippen LogP contribution in [0.15, 0.2) is 24.4 Å². The van der Waals surface area contributed by atoms with Crippen LogP contribution in [0.1, 0.15) is 38.2 Å². The molecule has 0 aliphatic carbocycles. The molecule has 0 atom stereocenters. The van der Waals surface area contributed by atoms with Crippen LogP contribution in [0.25, 0.3) is 22.9 Å². The molecule has 3 aromatic rings. The molecule has 6 heteroatoms. The second-order valence-corrected chi connectivity index (χ2v) is 6.70. The standard InChI is InChI=1S/C19H23N5O/c1-5-14-6-7-15-17(10-14)25-9-8-23-11-16(21-18(15)23)19-20-13(4)22-24(19)12(2)3/h6-7,10-12H,5,8-9H2,1-4H3. The number of aryl methyl sites for hydroxylation is 2. The summed E-state index contributed by atoms with van der Waals surface area (Å²) in [6, 6.07) is 6.62. The van der Waals surface area contributed by atoms with Crippen LogP contribution < -0.4 is 4.74 Å². The predicted molar refractivity (Wildman–Crippen MR) is 96.7 cm³/mol. The molecule has 4 rings (SSSR count). The molecule has 3 heterocycles. The van der Waals surface area contributed by atoms with E-state index in [1.165, 1.54) is 5.56 Å². The van der Waals surface area contributed by atoms with Gasteiger partial charge < -0.3 is 9.30 Å². The lowest BCUT2D eigenvalue weighted by molar-refractivity contribution is 0.306. The van der Waals surface area contributed by atoms with Crippen molar-refractivity contribution in [1.29, 1.82) is 0 Å². The Hall–Kier alpha value is -2.63. The highest BCUT2D eigenvalue weighted by Crippen LogP contribution is 2.34. The SMILES string of the molecule is CCc1ccc2c(c1)OCCn1cc(-c3nc(C)nn3C(C)C)nc1-2. The molecule has 0 amide bonds. The molecule has 0 bridgehead atoms. The molecule has 2 aromatic heterocycles. The van der Waals surface area contributed by atoms with Gasteiger partial charge in [0.2, 0.25) is 0 Å². The van der Waals surface area contributed by atoms with E-state index in [0.717, 1.165) is 47.4 Å². The topological polar surface area (TPSA) is 57.8 Å². The third-order valence-corrected chi connectivity index (χ3v) is 4.52. The van der Waals surface area contributed by atoms with E-state index < -0.39 is 0 Å². The van der Waals surface area contributed by atoms with Gasteiger partial charge in [-0.1, -0.05) is 13.0 Å². The lowest BCUT2D eigenvalue weighted by Gasteiger charge is -2.08. The average molecular weight is 337 g/mol. The summed E-state index contributed by atoms with van der Waals surface area (Å²) in [5.41, 5.74) is 3.17. The summed E-state index contributed by atoms with van der Waals surface area (Å²) in [4.78, 5) is 9.49. The number of hydrogen-bond acceptors (Lipinski definition) is 4. The second kappa shape index (κ2) is 6.02. The molecule has 0 saturated heterocycles. The largest absolute Gasteiger partial charge is 0.491 e. The van der Waals surface area contributed by atoms with Crippen molar-refractivity contribution < 1.29 is 4.74 Å². The summed E-state index contributed by atoms with van der Waals surface area (Å²) in [5.74, 6) is 3.43. The zero-order valence-electron chi connectivity index (χ0n) is 15.2. The van der Waals surface area contributed by atoms with Crippen molar-refractivity contribution in [1.82, 2.24) is 24.3 Å². The first-order valence-electron chi connectivity index (χ1n) is 8.83. The molecule has 25 heavy (non-hydrogen) atoms. The van der Waals surface area contributed by atoms with E-state index in [4.69, 9.17) is 9.72 Å². The minimum atomic E-state index is 0.237. The fourth-order valence-corrected chi connectivity index (χ4v) is 3.22. The van der Waals surface area contributed by atoms with Crippen molar-refractivity contribution in [3.63, 3.8) is 0 Å². The molecule has 0 radical (unpaired) electrons. The number of imidazole rings is 1. The molecule has 0 spiro atoms. The lowest BCUT2D eigenvalue weighted by atomic mass is 10.1. The van der Waals surface area contributed by atoms with Gasteiger partial charge in [0.1, 0.15) is 29.7 Å². The van der Waals surface area contributed by atoms with Crippen LogP contribution in [-0.2, 0) is 13.0 Å². The van der Waals surface area contributed by atoms with Gasteiger partial charge in [-0.2, -0.15) is 5.10 Å². The molecule has 0 fully saturated rings. The van der Waals surface area contributed by atoms with Gasteiger partial charge in [-0.05, 0) is 44.9 Å². The number of nitrogens with zero attached hydrogens (tertiary/aromatic N) is 5. The maximum atomic E-state index is 5.95. The Kier molecular flexibility index (Phi) is 3.82. The highest BCUT2D eigenvalue weighted by Gasteiger charge is 2.22. The van der Waals surface area contributed by atoms with E-state index in [1.807, 2.05) is 11.6 Å². The van der Waals surface area contributed by atoms with Crippen molar-refractivity contribution in [3.05, 3.63) is 35.8 Å². The van der Waals surface area contributed by atoms with E-state index in [1.54, 1.807) is 0 Å². The number of ether oxygens (including phenoxy) is 1. The Bertz CT molecular complexity index is 922. The fraction of sp³-hybridized carbons (Fsp3) is 0.421. The molecule has 1 aromatic carbocycles. The molecule has 1 aliphatic rings. The van der Waals surface area contributed by atoms with Crippen LogP contribution in [0.2, 0.25) is 0 Å². The van der Waals surface area contributed by atoms with Gasteiger partial charge in [-0.15, -0.1) is 0 Å². The normalized spacial score (nSPS) is 13.3. The number of aromatic nitrogens is 5. The van der Waals surface area contributed by atoms with Crippen molar-refractivity contribution in [2.45, 2.75) is 46.7 Å². The molecule has 1 aliphatic heterocycles. The van der Waals surface area contributed by atoms with Gasteiger partial charge in [0.15, 0.2) is 5.82 Å². The van der Waals surface area contributed by atoms with E-state index >= 15 is 0 Å². The molecular formula is C19H23N5O. The lowest BCUT2D eigenvalue weighted by Crippen LogP contribution is -2.06. The van der Waals surface area contributed by atoms with E-state index in [-0.39, 0.29) is 6.04 Å². The zero-order chi connectivity index (χ0) is 17.6. The Morgan fingerprint density at radius 1 is 1.20 bits per heavy atom. The molecule has 130 valence electrons. The van der Waals surface area contributed by atoms with Crippen LogP contribution in [0.5, 0.6) is 5.75 Å². The van der Waals surface area contributed by atoms with Gasteiger partial charge in [-0.25, -0.2) is 14.6 Å². The van der Waals surface area contributed by atoms with E-state index in [9.17, 15) is 0 Å². The first-order valence-corrected chi connectivity index (χ1v) is 8.83. The summed E-state index contributed by atoms with van der Waals surface area (Å²) in [7, 11) is 0. The molecule has 0 N–H and O–H groups in total. The van der Waals surface area contributed by atoms with E-state index in [0.29, 0.717) is 6.61 Å². The quantitative estimate of drug-likeness (QED) is 0.732. The molecule has 0 saturated carbocycles. The van der Waals surface area contributed by atoms with Crippen molar-refractivity contribution in [2.75, 3.05) is 6.61 Å². The van der Waals surface area contributed by atoms with Crippen LogP contribution in [0.4, 0.5) is 0 Å².